The van der Waals surface area contributed by atoms with Gasteiger partial charge in [-0.3, -0.25) is 9.36 Å². The molecule has 0 spiro atoms. The normalized spacial score (nSPS) is 15.7. The number of fused-ring (bicyclic) bond motifs is 1. The van der Waals surface area contributed by atoms with Crippen LogP contribution in [-0.4, -0.2) is 15.6 Å². The Balaban J connectivity index is 1.77. The van der Waals surface area contributed by atoms with Crippen LogP contribution in [0.1, 0.15) is 37.9 Å². The predicted molar refractivity (Wildman–Crippen MR) is 94.3 cm³/mol. The van der Waals surface area contributed by atoms with Gasteiger partial charge >= 0.3 is 0 Å². The minimum absolute atomic E-state index is 0.0321. The van der Waals surface area contributed by atoms with Crippen molar-refractivity contribution >= 4 is 16.9 Å². The van der Waals surface area contributed by atoms with Crippen LogP contribution in [0.25, 0.3) is 10.9 Å². The Kier molecular flexibility index (Phi) is 4.07. The van der Waals surface area contributed by atoms with Crippen LogP contribution in [0.15, 0.2) is 51.9 Å². The van der Waals surface area contributed by atoms with E-state index in [0.717, 1.165) is 24.1 Å². The number of rotatable bonds is 4. The molecule has 124 valence electrons. The first-order valence-corrected chi connectivity index (χ1v) is 8.60. The van der Waals surface area contributed by atoms with Gasteiger partial charge in [-0.1, -0.05) is 31.4 Å². The molecule has 2 heterocycles. The number of aromatic nitrogens is 2. The maximum absolute atomic E-state index is 13.0. The molecular formula is C19H21N3O2. The van der Waals surface area contributed by atoms with Gasteiger partial charge in [-0.15, -0.1) is 0 Å². The zero-order valence-electron chi connectivity index (χ0n) is 13.6. The molecule has 1 saturated carbocycles. The van der Waals surface area contributed by atoms with Gasteiger partial charge in [-0.05, 0) is 37.1 Å². The van der Waals surface area contributed by atoms with Gasteiger partial charge in [-0.2, -0.15) is 0 Å². The van der Waals surface area contributed by atoms with E-state index >= 15 is 0 Å². The molecule has 1 aliphatic rings. The predicted octanol–water partition coefficient (Wildman–Crippen LogP) is 3.78. The van der Waals surface area contributed by atoms with Crippen LogP contribution in [-0.2, 0) is 6.54 Å². The molecule has 3 aromatic rings. The Bertz CT molecular complexity index is 877. The van der Waals surface area contributed by atoms with E-state index in [4.69, 9.17) is 9.40 Å². The summed E-state index contributed by atoms with van der Waals surface area (Å²) in [7, 11) is 0. The van der Waals surface area contributed by atoms with Crippen molar-refractivity contribution in [2.45, 2.75) is 44.7 Å². The molecule has 0 atom stereocenters. The molecule has 1 N–H and O–H groups in total. The van der Waals surface area contributed by atoms with E-state index < -0.39 is 0 Å². The van der Waals surface area contributed by atoms with Crippen LogP contribution in [0, 0.1) is 0 Å². The van der Waals surface area contributed by atoms with E-state index in [9.17, 15) is 4.79 Å². The third-order valence-corrected chi connectivity index (χ3v) is 4.69. The van der Waals surface area contributed by atoms with Gasteiger partial charge in [0.25, 0.3) is 5.56 Å². The van der Waals surface area contributed by atoms with E-state index in [1.54, 1.807) is 10.8 Å². The third kappa shape index (κ3) is 2.94. The largest absolute Gasteiger partial charge is 0.467 e. The first-order chi connectivity index (χ1) is 11.8. The van der Waals surface area contributed by atoms with Crippen molar-refractivity contribution in [3.63, 3.8) is 0 Å². The van der Waals surface area contributed by atoms with Gasteiger partial charge < -0.3 is 9.73 Å². The lowest BCUT2D eigenvalue weighted by Gasteiger charge is -2.25. The van der Waals surface area contributed by atoms with Crippen LogP contribution in [0.2, 0.25) is 0 Å². The van der Waals surface area contributed by atoms with Gasteiger partial charge in [0.05, 0.1) is 23.7 Å². The fourth-order valence-corrected chi connectivity index (χ4v) is 3.41. The smallest absolute Gasteiger partial charge is 0.263 e. The Morgan fingerprint density at radius 3 is 2.75 bits per heavy atom. The van der Waals surface area contributed by atoms with Crippen molar-refractivity contribution in [2.24, 2.45) is 0 Å². The molecule has 0 amide bonds. The summed E-state index contributed by atoms with van der Waals surface area (Å²) in [6.07, 6.45) is 7.64. The number of anilines is 1. The number of nitrogens with zero attached hydrogens (tertiary/aromatic N) is 2. The minimum Gasteiger partial charge on any atom is -0.467 e. The van der Waals surface area contributed by atoms with Crippen LogP contribution >= 0.6 is 0 Å². The molecule has 5 heteroatoms. The summed E-state index contributed by atoms with van der Waals surface area (Å²) in [5, 5.41) is 4.14. The maximum Gasteiger partial charge on any atom is 0.263 e. The van der Waals surface area contributed by atoms with Crippen molar-refractivity contribution in [1.29, 1.82) is 0 Å². The molecule has 24 heavy (non-hydrogen) atoms. The fourth-order valence-electron chi connectivity index (χ4n) is 3.41. The highest BCUT2D eigenvalue weighted by atomic mass is 16.3. The Hall–Kier alpha value is -2.56. The van der Waals surface area contributed by atoms with Gasteiger partial charge in [0.15, 0.2) is 0 Å². The fraction of sp³-hybridized carbons (Fsp3) is 0.368. The van der Waals surface area contributed by atoms with E-state index in [1.807, 2.05) is 36.4 Å². The molecule has 5 nitrogen and oxygen atoms in total. The van der Waals surface area contributed by atoms with Gasteiger partial charge in [0.1, 0.15) is 5.76 Å². The molecule has 0 saturated heterocycles. The second kappa shape index (κ2) is 6.51. The Morgan fingerprint density at radius 1 is 1.12 bits per heavy atom. The number of furan rings is 1. The van der Waals surface area contributed by atoms with E-state index in [-0.39, 0.29) is 5.56 Å². The molecule has 0 bridgehead atoms. The summed E-state index contributed by atoms with van der Waals surface area (Å²) in [5.74, 6) is 1.39. The monoisotopic (exact) mass is 323 g/mol. The van der Waals surface area contributed by atoms with Crippen LogP contribution in [0.4, 0.5) is 5.95 Å². The number of benzene rings is 1. The van der Waals surface area contributed by atoms with Crippen molar-refractivity contribution in [1.82, 2.24) is 9.55 Å². The zero-order chi connectivity index (χ0) is 16.4. The number of nitrogens with one attached hydrogen (secondary N) is 1. The summed E-state index contributed by atoms with van der Waals surface area (Å²) in [5.41, 5.74) is 0.701. The highest BCUT2D eigenvalue weighted by Crippen LogP contribution is 2.22. The highest BCUT2D eigenvalue weighted by Gasteiger charge is 2.18. The maximum atomic E-state index is 13.0. The second-order valence-electron chi connectivity index (χ2n) is 6.40. The lowest BCUT2D eigenvalue weighted by Crippen LogP contribution is -2.30. The molecule has 1 aliphatic carbocycles. The third-order valence-electron chi connectivity index (χ3n) is 4.69. The number of para-hydroxylation sites is 1. The van der Waals surface area contributed by atoms with E-state index in [2.05, 4.69) is 5.32 Å². The summed E-state index contributed by atoms with van der Waals surface area (Å²) in [4.78, 5) is 17.7. The van der Waals surface area contributed by atoms with Crippen LogP contribution in [0.5, 0.6) is 0 Å². The lowest BCUT2D eigenvalue weighted by atomic mass is 9.96. The number of hydrogen-bond donors (Lipinski definition) is 1. The SMILES string of the molecule is O=c1c2ccccc2nc(NC2CCCCC2)n1Cc1ccco1. The summed E-state index contributed by atoms with van der Waals surface area (Å²) >= 11 is 0. The van der Waals surface area contributed by atoms with Crippen molar-refractivity contribution in [3.8, 4) is 0 Å². The molecule has 0 unspecified atom stereocenters. The average molecular weight is 323 g/mol. The highest BCUT2D eigenvalue weighted by molar-refractivity contribution is 5.78. The molecule has 2 aromatic heterocycles. The first kappa shape index (κ1) is 15.0. The quantitative estimate of drug-likeness (QED) is 0.794. The number of hydrogen-bond acceptors (Lipinski definition) is 4. The second-order valence-corrected chi connectivity index (χ2v) is 6.40. The van der Waals surface area contributed by atoms with Crippen molar-refractivity contribution in [3.05, 3.63) is 58.8 Å². The van der Waals surface area contributed by atoms with Crippen molar-refractivity contribution < 1.29 is 4.42 Å². The van der Waals surface area contributed by atoms with Gasteiger partial charge in [-0.25, -0.2) is 4.98 Å². The van der Waals surface area contributed by atoms with Crippen LogP contribution in [0.3, 0.4) is 0 Å². The molecular weight excluding hydrogens is 302 g/mol. The Labute approximate surface area is 140 Å². The van der Waals surface area contributed by atoms with Gasteiger partial charge in [0, 0.05) is 6.04 Å². The lowest BCUT2D eigenvalue weighted by molar-refractivity contribution is 0.455. The molecule has 0 aliphatic heterocycles. The summed E-state index contributed by atoms with van der Waals surface area (Å²) < 4.78 is 7.12. The average Bonchev–Trinajstić information content (AvgIpc) is 3.12. The van der Waals surface area contributed by atoms with Crippen LogP contribution < -0.4 is 10.9 Å². The van der Waals surface area contributed by atoms with E-state index in [1.165, 1.54) is 19.3 Å². The molecule has 4 rings (SSSR count). The first-order valence-electron chi connectivity index (χ1n) is 8.60. The standard InChI is InChI=1S/C19H21N3O2/c23-18-16-10-4-5-11-17(16)21-19(20-14-7-2-1-3-8-14)22(18)13-15-9-6-12-24-15/h4-6,9-12,14H,1-3,7-8,13H2,(H,20,21). The summed E-state index contributed by atoms with van der Waals surface area (Å²) in [6.45, 7) is 0.388. The molecule has 0 radical (unpaired) electrons. The minimum atomic E-state index is -0.0321. The topological polar surface area (TPSA) is 60.1 Å². The zero-order valence-corrected chi connectivity index (χ0v) is 13.6. The Morgan fingerprint density at radius 2 is 1.96 bits per heavy atom. The van der Waals surface area contributed by atoms with E-state index in [0.29, 0.717) is 23.9 Å². The summed E-state index contributed by atoms with van der Waals surface area (Å²) in [6, 6.07) is 11.6. The van der Waals surface area contributed by atoms with Crippen molar-refractivity contribution in [2.75, 3.05) is 5.32 Å². The van der Waals surface area contributed by atoms with Gasteiger partial charge in [0.2, 0.25) is 5.95 Å². The molecule has 1 aromatic carbocycles. The molecule has 1 fully saturated rings.